The second kappa shape index (κ2) is 9.07. The Morgan fingerprint density at radius 2 is 0.708 bits per heavy atom. The van der Waals surface area contributed by atoms with E-state index in [1.54, 1.807) is 0 Å². The fourth-order valence-corrected chi connectivity index (χ4v) is 15.9. The van der Waals surface area contributed by atoms with Crippen molar-refractivity contribution in [2.24, 2.45) is 11.0 Å². The molecule has 0 fully saturated rings. The Hall–Kier alpha value is 0.700. The second-order valence-corrected chi connectivity index (χ2v) is 19.1. The third kappa shape index (κ3) is 4.33. The Morgan fingerprint density at radius 1 is 0.500 bits per heavy atom. The summed E-state index contributed by atoms with van der Waals surface area (Å²) in [5.74, 6) is 0. The van der Waals surface area contributed by atoms with E-state index in [9.17, 15) is 0 Å². The number of hydrogen-bond acceptors (Lipinski definition) is 4. The van der Waals surface area contributed by atoms with E-state index in [2.05, 4.69) is 64.7 Å². The summed E-state index contributed by atoms with van der Waals surface area (Å²) in [5, 5.41) is 0. The normalized spacial score (nSPS) is 16.8. The Labute approximate surface area is 153 Å². The number of rotatable bonds is 13. The van der Waals surface area contributed by atoms with Gasteiger partial charge in [-0.25, -0.2) is 0 Å². The molecule has 0 heterocycles. The molecule has 0 radical (unpaired) electrons. The average Bonchev–Trinajstić information content (AvgIpc) is 2.62. The summed E-state index contributed by atoms with van der Waals surface area (Å²) in [7, 11) is 0. The number of hydrogen-bond donors (Lipinski definition) is 2. The number of nitrogens with zero attached hydrogens (tertiary/aromatic N) is 2. The van der Waals surface area contributed by atoms with Gasteiger partial charge in [-0.3, -0.25) is 0 Å². The van der Waals surface area contributed by atoms with Gasteiger partial charge < -0.3 is 0 Å². The molecule has 0 aromatic carbocycles. The van der Waals surface area contributed by atoms with E-state index in [4.69, 9.17) is 11.0 Å². The molecule has 0 saturated carbocycles. The number of nitrogens with two attached hydrogens (primary N) is 2. The van der Waals surface area contributed by atoms with Crippen molar-refractivity contribution in [1.82, 2.24) is 9.34 Å². The van der Waals surface area contributed by atoms with Crippen LogP contribution in [-0.4, -0.2) is 72.5 Å². The SMILES string of the molecule is CCN(CC)P(N)(CC)(CC)CCP(N)(CC)(CC)N(CC)CC. The van der Waals surface area contributed by atoms with Gasteiger partial charge in [0.2, 0.25) is 0 Å². The Bertz CT molecular complexity index is 337. The van der Waals surface area contributed by atoms with Crippen LogP contribution in [0, 0.1) is 0 Å². The van der Waals surface area contributed by atoms with Crippen LogP contribution in [0.4, 0.5) is 0 Å². The molecule has 4 N–H and O–H groups in total. The quantitative estimate of drug-likeness (QED) is 0.463. The third-order valence-corrected chi connectivity index (χ3v) is 20.6. The Balaban J connectivity index is 5.90. The first kappa shape index (κ1) is 24.7. The summed E-state index contributed by atoms with van der Waals surface area (Å²) in [6.45, 7) is 17.7. The summed E-state index contributed by atoms with van der Waals surface area (Å²) < 4.78 is 5.22. The average molecular weight is 383 g/mol. The molecule has 0 saturated heterocycles. The van der Waals surface area contributed by atoms with E-state index in [0.29, 0.717) is 0 Å². The van der Waals surface area contributed by atoms with Gasteiger partial charge in [0.25, 0.3) is 0 Å². The molecule has 0 unspecified atom stereocenters. The molecule has 0 aromatic rings. The maximum atomic E-state index is 7.35. The summed E-state index contributed by atoms with van der Waals surface area (Å²) in [6, 6.07) is 0. The van der Waals surface area contributed by atoms with Gasteiger partial charge in [-0.15, -0.1) is 0 Å². The zero-order chi connectivity index (χ0) is 19.1. The van der Waals surface area contributed by atoms with Gasteiger partial charge in [-0.05, 0) is 0 Å². The van der Waals surface area contributed by atoms with Crippen molar-refractivity contribution in [3.8, 4) is 0 Å². The predicted molar refractivity (Wildman–Crippen MR) is 120 cm³/mol. The molecule has 0 aromatic heterocycles. The van der Waals surface area contributed by atoms with Crippen molar-refractivity contribution in [1.29, 1.82) is 0 Å². The van der Waals surface area contributed by atoms with Crippen molar-refractivity contribution in [2.75, 3.05) is 63.2 Å². The first-order valence-corrected chi connectivity index (χ1v) is 15.9. The summed E-state index contributed by atoms with van der Waals surface area (Å²) in [4.78, 5) is 0. The second-order valence-electron chi connectivity index (χ2n) is 7.51. The maximum absolute atomic E-state index is 7.35. The first-order valence-electron chi connectivity index (χ1n) is 10.2. The van der Waals surface area contributed by atoms with Crippen LogP contribution >= 0.6 is 13.8 Å². The minimum absolute atomic E-state index is 1.05. The van der Waals surface area contributed by atoms with Crippen LogP contribution in [0.5, 0.6) is 0 Å². The minimum atomic E-state index is -2.37. The molecule has 0 bridgehead atoms. The fourth-order valence-electron chi connectivity index (χ4n) is 4.62. The molecular weight excluding hydrogens is 334 g/mol. The molecule has 0 aliphatic heterocycles. The molecular formula is C18H48N4P2. The molecule has 0 amide bonds. The van der Waals surface area contributed by atoms with Crippen molar-refractivity contribution in [2.45, 2.75) is 55.4 Å². The standard InChI is InChI=1S/C18H48N4P2/c1-9-21(10-2)23(19,13-5,14-6)17-18-24(20,15-7,16-8)22(11-3)12-4/h9-20H2,1-8H3. The van der Waals surface area contributed by atoms with Gasteiger partial charge in [-0.1, -0.05) is 0 Å². The molecule has 0 aliphatic rings. The fraction of sp³-hybridized carbons (Fsp3) is 1.00. The predicted octanol–water partition coefficient (Wildman–Crippen LogP) is 4.43. The van der Waals surface area contributed by atoms with Gasteiger partial charge in [0, 0.05) is 0 Å². The first-order chi connectivity index (χ1) is 11.1. The Kier molecular flexibility index (Phi) is 9.33. The molecule has 6 heteroatoms. The van der Waals surface area contributed by atoms with Gasteiger partial charge in [0.05, 0.1) is 0 Å². The van der Waals surface area contributed by atoms with E-state index in [-0.39, 0.29) is 0 Å². The molecule has 24 heavy (non-hydrogen) atoms. The van der Waals surface area contributed by atoms with Gasteiger partial charge >= 0.3 is 153 Å². The van der Waals surface area contributed by atoms with E-state index in [0.717, 1.165) is 63.2 Å². The topological polar surface area (TPSA) is 58.5 Å². The molecule has 150 valence electrons. The van der Waals surface area contributed by atoms with E-state index in [1.807, 2.05) is 0 Å². The molecule has 0 aliphatic carbocycles. The zero-order valence-corrected chi connectivity index (χ0v) is 19.8. The van der Waals surface area contributed by atoms with Gasteiger partial charge in [-0.2, -0.15) is 0 Å². The summed E-state index contributed by atoms with van der Waals surface area (Å²) in [6.07, 6.45) is 6.63. The Morgan fingerprint density at radius 3 is 0.833 bits per heavy atom. The van der Waals surface area contributed by atoms with Crippen molar-refractivity contribution >= 4 is 13.8 Å². The van der Waals surface area contributed by atoms with E-state index >= 15 is 0 Å². The molecule has 0 atom stereocenters. The zero-order valence-electron chi connectivity index (χ0n) is 18.0. The van der Waals surface area contributed by atoms with Crippen LogP contribution in [0.1, 0.15) is 55.4 Å². The monoisotopic (exact) mass is 382 g/mol. The van der Waals surface area contributed by atoms with E-state index in [1.165, 1.54) is 0 Å². The molecule has 0 rings (SSSR count). The van der Waals surface area contributed by atoms with Gasteiger partial charge in [0.1, 0.15) is 0 Å². The molecule has 0 spiro atoms. The van der Waals surface area contributed by atoms with Crippen LogP contribution < -0.4 is 11.0 Å². The molecule has 4 nitrogen and oxygen atoms in total. The van der Waals surface area contributed by atoms with Crippen molar-refractivity contribution in [3.63, 3.8) is 0 Å². The van der Waals surface area contributed by atoms with Crippen molar-refractivity contribution < 1.29 is 0 Å². The van der Waals surface area contributed by atoms with Gasteiger partial charge in [0.15, 0.2) is 0 Å². The summed E-state index contributed by atoms with van der Waals surface area (Å²) in [5.41, 5.74) is 14.7. The van der Waals surface area contributed by atoms with Crippen LogP contribution in [0.3, 0.4) is 0 Å². The summed E-state index contributed by atoms with van der Waals surface area (Å²) >= 11 is 0. The van der Waals surface area contributed by atoms with Crippen LogP contribution in [0.25, 0.3) is 0 Å². The third-order valence-electron chi connectivity index (χ3n) is 7.26. The van der Waals surface area contributed by atoms with Crippen LogP contribution in [0.15, 0.2) is 0 Å². The van der Waals surface area contributed by atoms with Crippen molar-refractivity contribution in [3.05, 3.63) is 0 Å². The van der Waals surface area contributed by atoms with Crippen LogP contribution in [0.2, 0.25) is 0 Å². The van der Waals surface area contributed by atoms with Crippen LogP contribution in [-0.2, 0) is 0 Å². The van der Waals surface area contributed by atoms with E-state index < -0.39 is 13.8 Å².